The van der Waals surface area contributed by atoms with Gasteiger partial charge in [-0.1, -0.05) is 12.1 Å². The number of rotatable bonds is 8. The predicted octanol–water partition coefficient (Wildman–Crippen LogP) is 5.60. The van der Waals surface area contributed by atoms with E-state index in [2.05, 4.69) is 10.4 Å². The molecule has 40 heavy (non-hydrogen) atoms. The Bertz CT molecular complexity index is 1440. The van der Waals surface area contributed by atoms with Gasteiger partial charge in [0.25, 0.3) is 5.91 Å². The van der Waals surface area contributed by atoms with E-state index in [1.807, 2.05) is 11.9 Å². The van der Waals surface area contributed by atoms with Gasteiger partial charge in [0, 0.05) is 50.6 Å². The molecular weight excluding hydrogens is 524 g/mol. The molecule has 212 valence electrons. The number of carbonyl (C=O) groups excluding carboxylic acids is 1. The van der Waals surface area contributed by atoms with Crippen molar-refractivity contribution in [3.05, 3.63) is 76.4 Å². The minimum absolute atomic E-state index is 0.105. The van der Waals surface area contributed by atoms with E-state index in [0.29, 0.717) is 30.2 Å². The number of alkyl halides is 3. The third-order valence-electron chi connectivity index (χ3n) is 7.58. The van der Waals surface area contributed by atoms with Crippen molar-refractivity contribution < 1.29 is 22.4 Å². The second-order valence-electron chi connectivity index (χ2n) is 10.6. The van der Waals surface area contributed by atoms with Gasteiger partial charge in [0.05, 0.1) is 6.04 Å². The molecule has 5 rings (SSSR count). The Labute approximate surface area is 230 Å². The third kappa shape index (κ3) is 5.68. The lowest BCUT2D eigenvalue weighted by Crippen LogP contribution is -2.31. The summed E-state index contributed by atoms with van der Waals surface area (Å²) >= 11 is 0. The molecule has 1 aliphatic carbocycles. The van der Waals surface area contributed by atoms with Crippen LogP contribution in [0, 0.1) is 24.1 Å². The van der Waals surface area contributed by atoms with E-state index in [1.165, 1.54) is 23.0 Å². The summed E-state index contributed by atoms with van der Waals surface area (Å²) in [4.78, 5) is 17.3. The fraction of sp³-hybridized carbons (Fsp3) is 0.414. The summed E-state index contributed by atoms with van der Waals surface area (Å²) in [5, 5.41) is 15.1. The summed E-state index contributed by atoms with van der Waals surface area (Å²) in [5.41, 5.74) is 1.22. The molecule has 0 radical (unpaired) electrons. The van der Waals surface area contributed by atoms with Crippen LogP contribution in [0.4, 0.5) is 17.6 Å². The van der Waals surface area contributed by atoms with Gasteiger partial charge in [-0.2, -0.15) is 18.3 Å². The van der Waals surface area contributed by atoms with Crippen LogP contribution in [0.5, 0.6) is 0 Å². The topological polar surface area (TPSA) is 77.2 Å². The van der Waals surface area contributed by atoms with Gasteiger partial charge < -0.3 is 15.1 Å². The third-order valence-corrected chi connectivity index (χ3v) is 7.58. The van der Waals surface area contributed by atoms with Crippen molar-refractivity contribution in [3.8, 4) is 11.1 Å². The summed E-state index contributed by atoms with van der Waals surface area (Å²) in [7, 11) is 1.81. The number of amides is 1. The van der Waals surface area contributed by atoms with E-state index >= 15 is 0 Å². The minimum Gasteiger partial charge on any atom is -0.345 e. The van der Waals surface area contributed by atoms with Gasteiger partial charge in [-0.15, -0.1) is 0 Å². The van der Waals surface area contributed by atoms with Crippen LogP contribution in [0.2, 0.25) is 0 Å². The first-order valence-corrected chi connectivity index (χ1v) is 13.3. The number of hydrogen-bond donors (Lipinski definition) is 2. The molecule has 1 aliphatic heterocycles. The van der Waals surface area contributed by atoms with Crippen molar-refractivity contribution in [2.75, 3.05) is 20.1 Å². The largest absolute Gasteiger partial charge is 0.435 e. The van der Waals surface area contributed by atoms with Gasteiger partial charge in [0.1, 0.15) is 5.82 Å². The van der Waals surface area contributed by atoms with Crippen LogP contribution in [0.3, 0.4) is 0 Å². The number of carbonyl (C=O) groups is 1. The van der Waals surface area contributed by atoms with Crippen molar-refractivity contribution >= 4 is 11.9 Å². The molecule has 2 heterocycles. The van der Waals surface area contributed by atoms with Crippen molar-refractivity contribution in [3.63, 3.8) is 0 Å². The Balaban J connectivity index is 1.53. The molecule has 2 aliphatic rings. The van der Waals surface area contributed by atoms with Crippen LogP contribution >= 0.6 is 0 Å². The zero-order valence-corrected chi connectivity index (χ0v) is 22.6. The van der Waals surface area contributed by atoms with Gasteiger partial charge in [0.2, 0.25) is 0 Å². The molecule has 2 N–H and O–H groups in total. The fourth-order valence-electron chi connectivity index (χ4n) is 5.16. The van der Waals surface area contributed by atoms with Crippen molar-refractivity contribution in [2.45, 2.75) is 52.0 Å². The first kappa shape index (κ1) is 27.7. The zero-order chi connectivity index (χ0) is 28.8. The van der Waals surface area contributed by atoms with Crippen LogP contribution in [-0.4, -0.2) is 51.6 Å². The summed E-state index contributed by atoms with van der Waals surface area (Å²) in [5.74, 6) is -0.233. The number of hydrogen-bond acceptors (Lipinski definition) is 3. The smallest absolute Gasteiger partial charge is 0.345 e. The Morgan fingerprint density at radius 1 is 1.18 bits per heavy atom. The SMILES string of the molecule is CCn1cc(-c2cc(CN3CCN(C)C3=N)cc(C(=O)N[C@H](c3ccc(F)c(C)c3)C3CC3)c2)c(C(F)(F)F)n1. The van der Waals surface area contributed by atoms with E-state index in [0.717, 1.165) is 18.4 Å². The zero-order valence-electron chi connectivity index (χ0n) is 22.6. The Morgan fingerprint density at radius 2 is 1.93 bits per heavy atom. The fourth-order valence-corrected chi connectivity index (χ4v) is 5.16. The quantitative estimate of drug-likeness (QED) is 0.354. The minimum atomic E-state index is -4.68. The van der Waals surface area contributed by atoms with Gasteiger partial charge in [-0.05, 0) is 79.1 Å². The van der Waals surface area contributed by atoms with Gasteiger partial charge in [0.15, 0.2) is 11.7 Å². The lowest BCUT2D eigenvalue weighted by atomic mass is 9.97. The number of likely N-dealkylation sites (N-methyl/N-ethyl adjacent to an activating group) is 1. The monoisotopic (exact) mass is 556 g/mol. The van der Waals surface area contributed by atoms with Crippen molar-refractivity contribution in [2.24, 2.45) is 5.92 Å². The Hall–Kier alpha value is -3.89. The lowest BCUT2D eigenvalue weighted by molar-refractivity contribution is -0.141. The highest BCUT2D eigenvalue weighted by Gasteiger charge is 2.38. The number of aromatic nitrogens is 2. The van der Waals surface area contributed by atoms with Crippen LogP contribution in [0.15, 0.2) is 42.6 Å². The van der Waals surface area contributed by atoms with Crippen LogP contribution in [-0.2, 0) is 19.3 Å². The molecule has 0 unspecified atom stereocenters. The van der Waals surface area contributed by atoms with E-state index in [1.54, 1.807) is 43.0 Å². The molecule has 3 aromatic rings. The maximum absolute atomic E-state index is 14.0. The van der Waals surface area contributed by atoms with Gasteiger partial charge in [-0.25, -0.2) is 4.39 Å². The highest BCUT2D eigenvalue weighted by atomic mass is 19.4. The van der Waals surface area contributed by atoms with Crippen LogP contribution in [0.1, 0.15) is 58.5 Å². The highest BCUT2D eigenvalue weighted by Crippen LogP contribution is 2.42. The molecule has 1 aromatic heterocycles. The number of guanidine groups is 1. The summed E-state index contributed by atoms with van der Waals surface area (Å²) in [6, 6.07) is 9.21. The van der Waals surface area contributed by atoms with Crippen LogP contribution < -0.4 is 5.32 Å². The van der Waals surface area contributed by atoms with Gasteiger partial charge >= 0.3 is 6.18 Å². The molecule has 1 saturated carbocycles. The molecule has 7 nitrogen and oxygen atoms in total. The average Bonchev–Trinajstić information content (AvgIpc) is 3.57. The molecule has 0 spiro atoms. The first-order chi connectivity index (χ1) is 18.9. The normalized spacial score (nSPS) is 16.5. The number of benzene rings is 2. The standard InChI is InChI=1S/C29H32F4N6O/c1-4-39-16-23(26(36-39)29(31,32)33)21-12-18(15-38-10-9-37(3)28(38)34)13-22(14-21)27(40)35-25(19-5-6-19)20-7-8-24(30)17(2)11-20/h7-8,11-14,16,19,25,34H,4-6,9-10,15H2,1-3H3,(H,35,40)/t25-/m0/s1. The van der Waals surface area contributed by atoms with Crippen LogP contribution in [0.25, 0.3) is 11.1 Å². The Kier molecular flexibility index (Phi) is 7.32. The number of nitrogens with zero attached hydrogens (tertiary/aromatic N) is 4. The first-order valence-electron chi connectivity index (χ1n) is 13.3. The van der Waals surface area contributed by atoms with E-state index < -0.39 is 17.8 Å². The highest BCUT2D eigenvalue weighted by molar-refractivity contribution is 5.96. The van der Waals surface area contributed by atoms with E-state index in [9.17, 15) is 22.4 Å². The number of aryl methyl sites for hydroxylation is 2. The molecule has 2 fully saturated rings. The van der Waals surface area contributed by atoms with Gasteiger partial charge in [-0.3, -0.25) is 14.9 Å². The molecule has 2 aromatic carbocycles. The Morgan fingerprint density at radius 3 is 2.52 bits per heavy atom. The predicted molar refractivity (Wildman–Crippen MR) is 143 cm³/mol. The molecule has 1 saturated heterocycles. The molecule has 0 bridgehead atoms. The summed E-state index contributed by atoms with van der Waals surface area (Å²) in [6.45, 7) is 5.15. The molecule has 1 amide bonds. The lowest BCUT2D eigenvalue weighted by Gasteiger charge is -2.22. The second-order valence-corrected chi connectivity index (χ2v) is 10.6. The molecular formula is C29H32F4N6O. The molecule has 11 heteroatoms. The summed E-state index contributed by atoms with van der Waals surface area (Å²) < 4.78 is 57.0. The van der Waals surface area contributed by atoms with Crippen molar-refractivity contribution in [1.29, 1.82) is 5.41 Å². The van der Waals surface area contributed by atoms with E-state index in [-0.39, 0.29) is 47.6 Å². The number of halogens is 4. The summed E-state index contributed by atoms with van der Waals surface area (Å²) in [6.07, 6.45) is -1.49. The van der Waals surface area contributed by atoms with Crippen molar-refractivity contribution in [1.82, 2.24) is 24.9 Å². The van der Waals surface area contributed by atoms with E-state index in [4.69, 9.17) is 5.41 Å². The second kappa shape index (κ2) is 10.6. The maximum Gasteiger partial charge on any atom is 0.435 e. The average molecular weight is 557 g/mol. The maximum atomic E-state index is 14.0. The molecule has 1 atom stereocenters. The number of nitrogens with one attached hydrogen (secondary N) is 2.